The molecule has 0 aliphatic rings. The van der Waals surface area contributed by atoms with Crippen molar-refractivity contribution in [3.8, 4) is 11.1 Å². The van der Waals surface area contributed by atoms with Crippen LogP contribution in [0.25, 0.3) is 11.1 Å². The van der Waals surface area contributed by atoms with Crippen molar-refractivity contribution in [1.29, 1.82) is 0 Å². The first-order chi connectivity index (χ1) is 9.40. The van der Waals surface area contributed by atoms with Gasteiger partial charge in [-0.3, -0.25) is 20.2 Å². The minimum atomic E-state index is -0.607. The topological polar surface area (TPSA) is 138 Å². The van der Waals surface area contributed by atoms with Crippen LogP contribution < -0.4 is 23.9 Å². The van der Waals surface area contributed by atoms with Gasteiger partial charge in [0.05, 0.1) is 9.85 Å². The van der Waals surface area contributed by atoms with E-state index < -0.39 is 9.85 Å². The van der Waals surface area contributed by atoms with Crippen molar-refractivity contribution in [2.45, 2.75) is 0 Å². The van der Waals surface area contributed by atoms with Gasteiger partial charge >= 0.3 is 0 Å². The molecule has 0 saturated heterocycles. The molecule has 0 spiro atoms. The van der Waals surface area contributed by atoms with E-state index in [4.69, 9.17) is 11.5 Å². The van der Waals surface area contributed by atoms with Gasteiger partial charge in [0.25, 0.3) is 11.4 Å². The Hall–Kier alpha value is -2.07. The van der Waals surface area contributed by atoms with E-state index >= 15 is 0 Å². The summed E-state index contributed by atoms with van der Waals surface area (Å²) < 4.78 is 0. The number of nitro groups is 2. The number of anilines is 2. The van der Waals surface area contributed by atoms with Crippen LogP contribution in [0.1, 0.15) is 0 Å². The minimum Gasteiger partial charge on any atom is -1.00 e. The normalized spacial score (nSPS) is 9.27. The summed E-state index contributed by atoms with van der Waals surface area (Å²) in [4.78, 5) is 20.5. The van der Waals surface area contributed by atoms with Gasteiger partial charge in [-0.15, -0.1) is 0 Å². The Balaban J connectivity index is 0.00000220. The fourth-order valence-corrected chi connectivity index (χ4v) is 1.76. The molecule has 4 radical (unpaired) electrons. The Morgan fingerprint density at radius 2 is 1.09 bits per heavy atom. The number of hydrogen-bond donors (Lipinski definition) is 2. The Bertz CT molecular complexity index is 665. The zero-order valence-corrected chi connectivity index (χ0v) is 14.6. The summed E-state index contributed by atoms with van der Waals surface area (Å²) in [7, 11) is 0. The van der Waals surface area contributed by atoms with Crippen molar-refractivity contribution in [1.82, 2.24) is 0 Å². The van der Waals surface area contributed by atoms with Crippen LogP contribution >= 0.6 is 0 Å². The van der Waals surface area contributed by atoms with E-state index in [0.717, 1.165) is 0 Å². The van der Waals surface area contributed by atoms with Gasteiger partial charge < -0.3 is 23.9 Å². The number of halogens is 1. The van der Waals surface area contributed by atoms with Crippen LogP contribution in [0, 0.1) is 20.2 Å². The molecule has 2 rings (SSSR count). The first-order valence-corrected chi connectivity index (χ1v) is 5.48. The molecular weight excluding hydrogens is 418 g/mol. The second-order valence-corrected chi connectivity index (χ2v) is 4.06. The van der Waals surface area contributed by atoms with Crippen LogP contribution in [0.3, 0.4) is 0 Å². The Labute approximate surface area is 148 Å². The van der Waals surface area contributed by atoms with Crippen molar-refractivity contribution >= 4 is 46.7 Å². The molecule has 2 aromatic rings. The van der Waals surface area contributed by atoms with E-state index in [2.05, 4.69) is 0 Å². The predicted molar refractivity (Wildman–Crippen MR) is 79.8 cm³/mol. The van der Waals surface area contributed by atoms with Crippen molar-refractivity contribution in [3.05, 3.63) is 56.6 Å². The van der Waals surface area contributed by atoms with Gasteiger partial charge in [-0.05, 0) is 23.3 Å². The summed E-state index contributed by atoms with van der Waals surface area (Å²) in [5.74, 6) is 0. The van der Waals surface area contributed by atoms with Crippen molar-refractivity contribution in [2.24, 2.45) is 0 Å². The number of nitrogens with zero attached hydrogens (tertiary/aromatic N) is 2. The summed E-state index contributed by atoms with van der Waals surface area (Å²) >= 11 is 0. The van der Waals surface area contributed by atoms with Gasteiger partial charge in [0.15, 0.2) is 0 Å². The Kier molecular flexibility index (Phi) is 7.07. The zero-order valence-electron chi connectivity index (χ0n) is 11.0. The second kappa shape index (κ2) is 7.80. The van der Waals surface area contributed by atoms with E-state index in [1.165, 1.54) is 24.3 Å². The largest absolute Gasteiger partial charge is 1.00 e. The van der Waals surface area contributed by atoms with E-state index in [1.807, 2.05) is 0 Å². The molecule has 0 heterocycles. The molecule has 0 atom stereocenters. The van der Waals surface area contributed by atoms with Gasteiger partial charge in [-0.25, -0.2) is 0 Å². The maximum Gasteiger partial charge on any atom is 0.292 e. The van der Waals surface area contributed by atoms with Crippen LogP contribution in [-0.4, -0.2) is 33.8 Å². The first-order valence-electron chi connectivity index (χ1n) is 5.48. The Morgan fingerprint density at radius 3 is 1.36 bits per heavy atom. The number of rotatable bonds is 3. The molecule has 10 heteroatoms. The smallest absolute Gasteiger partial charge is 0.292 e. The monoisotopic (exact) mass is 429 g/mol. The van der Waals surface area contributed by atoms with Gasteiger partial charge in [0.2, 0.25) is 0 Å². The Morgan fingerprint density at radius 1 is 0.773 bits per heavy atom. The quantitative estimate of drug-likeness (QED) is 0.277. The predicted octanol–water partition coefficient (Wildman–Crippen LogP) is -1.04. The number of hydrogen-bond acceptors (Lipinski definition) is 6. The van der Waals surface area contributed by atoms with Gasteiger partial charge in [0.1, 0.15) is 11.4 Å². The molecule has 114 valence electrons. The van der Waals surface area contributed by atoms with Crippen molar-refractivity contribution in [2.75, 3.05) is 11.5 Å². The minimum absolute atomic E-state index is 0. The molecule has 0 saturated carbocycles. The van der Waals surface area contributed by atoms with Gasteiger partial charge in [-0.1, -0.05) is 12.1 Å². The molecule has 0 aliphatic carbocycles. The van der Waals surface area contributed by atoms with Gasteiger partial charge in [-0.2, -0.15) is 0 Å². The molecule has 22 heavy (non-hydrogen) atoms. The number of nitrogens with two attached hydrogens (primary N) is 2. The summed E-state index contributed by atoms with van der Waals surface area (Å²) in [6, 6.07) is 8.41. The van der Waals surface area contributed by atoms with Crippen LogP contribution in [0.5, 0.6) is 0 Å². The molecule has 0 fully saturated rings. The summed E-state index contributed by atoms with van der Waals surface area (Å²) in [6.45, 7) is 0. The second-order valence-electron chi connectivity index (χ2n) is 4.06. The third-order valence-electron chi connectivity index (χ3n) is 2.79. The maximum absolute atomic E-state index is 10.8. The maximum atomic E-state index is 10.8. The standard InChI is InChI=1S/C12H10N4O4.ClH.Sn/c13-9-3-1-7(5-11(9)15(17)18)8-2-4-10(14)12(6-8)16(19)20;;/h1-6H,13-14H2;1H;/p-1. The summed E-state index contributed by atoms with van der Waals surface area (Å²) in [5, 5.41) is 21.7. The van der Waals surface area contributed by atoms with Crippen LogP contribution in [0.4, 0.5) is 22.7 Å². The number of nitrogen functional groups attached to an aromatic ring is 2. The molecule has 0 aromatic heterocycles. The third-order valence-corrected chi connectivity index (χ3v) is 2.79. The molecule has 4 N–H and O–H groups in total. The van der Waals surface area contributed by atoms with E-state index in [0.29, 0.717) is 11.1 Å². The van der Waals surface area contributed by atoms with E-state index in [9.17, 15) is 20.2 Å². The molecule has 0 bridgehead atoms. The van der Waals surface area contributed by atoms with Crippen LogP contribution in [0.2, 0.25) is 0 Å². The molecule has 0 aliphatic heterocycles. The van der Waals surface area contributed by atoms with Crippen molar-refractivity contribution < 1.29 is 22.3 Å². The number of nitro benzene ring substituents is 2. The zero-order chi connectivity index (χ0) is 14.9. The molecule has 8 nitrogen and oxygen atoms in total. The molecule has 0 unspecified atom stereocenters. The van der Waals surface area contributed by atoms with Crippen LogP contribution in [-0.2, 0) is 0 Å². The van der Waals surface area contributed by atoms with Crippen molar-refractivity contribution in [3.63, 3.8) is 0 Å². The first kappa shape index (κ1) is 19.9. The summed E-state index contributed by atoms with van der Waals surface area (Å²) in [5.41, 5.74) is 11.5. The van der Waals surface area contributed by atoms with Crippen LogP contribution in [0.15, 0.2) is 36.4 Å². The summed E-state index contributed by atoms with van der Waals surface area (Å²) in [6.07, 6.45) is 0. The average Bonchev–Trinajstić information content (AvgIpc) is 2.39. The number of benzene rings is 2. The fraction of sp³-hybridized carbons (Fsp3) is 0. The third kappa shape index (κ3) is 3.98. The molecular formula is C12H10ClN4O4Sn-. The average molecular weight is 428 g/mol. The van der Waals surface area contributed by atoms with Gasteiger partial charge in [0, 0.05) is 36.0 Å². The van der Waals surface area contributed by atoms with E-state index in [-0.39, 0.29) is 59.1 Å². The molecule has 0 amide bonds. The fourth-order valence-electron chi connectivity index (χ4n) is 1.76. The molecule has 2 aromatic carbocycles. The van der Waals surface area contributed by atoms with E-state index in [1.54, 1.807) is 12.1 Å². The SMILES string of the molecule is Nc1ccc(-c2ccc(N)c([N+](=O)[O-])c2)cc1[N+](=O)[O-].[Cl-].[Sn].